The lowest BCUT2D eigenvalue weighted by molar-refractivity contribution is -0.111. The summed E-state index contributed by atoms with van der Waals surface area (Å²) in [4.78, 5) is 20.3. The van der Waals surface area contributed by atoms with Crippen molar-refractivity contribution < 1.29 is 4.79 Å². The van der Waals surface area contributed by atoms with Crippen molar-refractivity contribution in [3.8, 4) is 0 Å². The number of aromatic nitrogens is 2. The molecule has 0 aliphatic heterocycles. The first-order chi connectivity index (χ1) is 12.2. The molecule has 0 saturated carbocycles. The maximum Gasteiger partial charge on any atom is 0.248 e. The van der Waals surface area contributed by atoms with E-state index in [1.54, 1.807) is 6.08 Å². The van der Waals surface area contributed by atoms with Crippen LogP contribution in [0.5, 0.6) is 0 Å². The van der Waals surface area contributed by atoms with Crippen LogP contribution in [0.2, 0.25) is 0 Å². The highest BCUT2D eigenvalue weighted by Crippen LogP contribution is 2.19. The van der Waals surface area contributed by atoms with Gasteiger partial charge in [0.15, 0.2) is 0 Å². The van der Waals surface area contributed by atoms with Gasteiger partial charge in [0.05, 0.1) is 0 Å². The predicted molar refractivity (Wildman–Crippen MR) is 101 cm³/mol. The number of carbonyl (C=O) groups excluding carboxylic acids is 1. The maximum absolute atomic E-state index is 12.1. The second-order valence-electron chi connectivity index (χ2n) is 5.48. The Bertz CT molecular complexity index is 891. The summed E-state index contributed by atoms with van der Waals surface area (Å²) in [5.41, 5.74) is 3.40. The molecule has 5 heteroatoms. The highest BCUT2D eigenvalue weighted by molar-refractivity contribution is 6.02. The van der Waals surface area contributed by atoms with E-state index in [-0.39, 0.29) is 5.91 Å². The molecule has 1 aromatic heterocycles. The smallest absolute Gasteiger partial charge is 0.248 e. The Morgan fingerprint density at radius 1 is 0.960 bits per heavy atom. The van der Waals surface area contributed by atoms with Gasteiger partial charge in [0.2, 0.25) is 5.91 Å². The maximum atomic E-state index is 12.1. The third-order valence-electron chi connectivity index (χ3n) is 3.43. The first-order valence-electron chi connectivity index (χ1n) is 7.89. The molecule has 0 spiro atoms. The van der Waals surface area contributed by atoms with E-state index >= 15 is 0 Å². The van der Waals surface area contributed by atoms with Crippen molar-refractivity contribution in [3.63, 3.8) is 0 Å². The van der Waals surface area contributed by atoms with Gasteiger partial charge in [-0.2, -0.15) is 0 Å². The molecule has 3 rings (SSSR count). The van der Waals surface area contributed by atoms with E-state index in [2.05, 4.69) is 20.6 Å². The molecule has 25 heavy (non-hydrogen) atoms. The molecule has 1 heterocycles. The summed E-state index contributed by atoms with van der Waals surface area (Å²) in [6.45, 7) is 1.91. The van der Waals surface area contributed by atoms with Crippen LogP contribution in [-0.2, 0) is 4.79 Å². The van der Waals surface area contributed by atoms with E-state index in [0.717, 1.165) is 16.9 Å². The molecular weight excluding hydrogens is 312 g/mol. The summed E-state index contributed by atoms with van der Waals surface area (Å²) in [7, 11) is 0. The zero-order chi connectivity index (χ0) is 17.5. The van der Waals surface area contributed by atoms with Gasteiger partial charge in [-0.05, 0) is 36.8 Å². The molecule has 5 nitrogen and oxygen atoms in total. The number of hydrogen-bond donors (Lipinski definition) is 2. The lowest BCUT2D eigenvalue weighted by atomic mass is 10.2. The standard InChI is InChI=1S/C20H18N4O/c1-15-12-19(22-14-21-15)23-17-8-5-9-18(13-17)24-20(25)11-10-16-6-3-2-4-7-16/h2-14H,1H3,(H,24,25)(H,21,22,23)/b11-10+. The van der Waals surface area contributed by atoms with E-state index in [1.807, 2.05) is 67.6 Å². The van der Waals surface area contributed by atoms with Crippen LogP contribution in [0.1, 0.15) is 11.3 Å². The minimum atomic E-state index is -0.182. The van der Waals surface area contributed by atoms with Crippen LogP contribution in [0.25, 0.3) is 6.08 Å². The number of nitrogens with zero attached hydrogens (tertiary/aromatic N) is 2. The molecule has 0 unspecified atom stereocenters. The molecule has 0 saturated heterocycles. The fraction of sp³-hybridized carbons (Fsp3) is 0.0500. The fourth-order valence-corrected chi connectivity index (χ4v) is 2.27. The number of benzene rings is 2. The Morgan fingerprint density at radius 3 is 2.56 bits per heavy atom. The van der Waals surface area contributed by atoms with Crippen LogP contribution in [0, 0.1) is 6.92 Å². The van der Waals surface area contributed by atoms with Gasteiger partial charge in [0.1, 0.15) is 12.1 Å². The summed E-state index contributed by atoms with van der Waals surface area (Å²) in [6.07, 6.45) is 4.81. The van der Waals surface area contributed by atoms with Gasteiger partial charge < -0.3 is 10.6 Å². The average molecular weight is 330 g/mol. The van der Waals surface area contributed by atoms with Gasteiger partial charge in [-0.15, -0.1) is 0 Å². The van der Waals surface area contributed by atoms with Gasteiger partial charge in [-0.25, -0.2) is 9.97 Å². The topological polar surface area (TPSA) is 66.9 Å². The first-order valence-corrected chi connectivity index (χ1v) is 7.89. The van der Waals surface area contributed by atoms with Crippen LogP contribution in [-0.4, -0.2) is 15.9 Å². The average Bonchev–Trinajstić information content (AvgIpc) is 2.61. The summed E-state index contributed by atoms with van der Waals surface area (Å²) >= 11 is 0. The number of nitrogens with one attached hydrogen (secondary N) is 2. The SMILES string of the molecule is Cc1cc(Nc2cccc(NC(=O)/C=C/c3ccccc3)c2)ncn1. The first kappa shape index (κ1) is 16.4. The Hall–Kier alpha value is -3.47. The van der Waals surface area contributed by atoms with Crippen molar-refractivity contribution in [2.75, 3.05) is 10.6 Å². The van der Waals surface area contributed by atoms with Gasteiger partial charge in [-0.3, -0.25) is 4.79 Å². The Kier molecular flexibility index (Phi) is 5.16. The van der Waals surface area contributed by atoms with Gasteiger partial charge in [-0.1, -0.05) is 36.4 Å². The molecule has 124 valence electrons. The molecule has 0 bridgehead atoms. The van der Waals surface area contributed by atoms with Crippen molar-refractivity contribution in [1.82, 2.24) is 9.97 Å². The van der Waals surface area contributed by atoms with E-state index < -0.39 is 0 Å². The lowest BCUT2D eigenvalue weighted by Gasteiger charge is -2.08. The summed E-state index contributed by atoms with van der Waals surface area (Å²) in [6, 6.07) is 19.0. The van der Waals surface area contributed by atoms with E-state index in [4.69, 9.17) is 0 Å². The third kappa shape index (κ3) is 5.00. The second kappa shape index (κ2) is 7.88. The zero-order valence-electron chi connectivity index (χ0n) is 13.8. The van der Waals surface area contributed by atoms with Crippen molar-refractivity contribution in [2.45, 2.75) is 6.92 Å². The van der Waals surface area contributed by atoms with Crippen molar-refractivity contribution in [2.24, 2.45) is 0 Å². The number of anilines is 3. The summed E-state index contributed by atoms with van der Waals surface area (Å²) in [5, 5.41) is 6.05. The Labute approximate surface area is 146 Å². The van der Waals surface area contributed by atoms with Crippen LogP contribution in [0.4, 0.5) is 17.2 Å². The molecule has 2 aromatic carbocycles. The van der Waals surface area contributed by atoms with Gasteiger partial charge >= 0.3 is 0 Å². The predicted octanol–water partition coefficient (Wildman–Crippen LogP) is 4.18. The zero-order valence-corrected chi connectivity index (χ0v) is 13.8. The highest BCUT2D eigenvalue weighted by atomic mass is 16.1. The summed E-state index contributed by atoms with van der Waals surface area (Å²) < 4.78 is 0. The molecule has 3 aromatic rings. The van der Waals surface area contributed by atoms with Crippen LogP contribution in [0.3, 0.4) is 0 Å². The molecule has 1 amide bonds. The summed E-state index contributed by atoms with van der Waals surface area (Å²) in [5.74, 6) is 0.527. The molecule has 2 N–H and O–H groups in total. The minimum absolute atomic E-state index is 0.182. The monoisotopic (exact) mass is 330 g/mol. The number of amides is 1. The van der Waals surface area contributed by atoms with Crippen molar-refractivity contribution in [3.05, 3.63) is 84.3 Å². The highest BCUT2D eigenvalue weighted by Gasteiger charge is 2.01. The normalized spacial score (nSPS) is 10.6. The number of rotatable bonds is 5. The molecule has 0 aliphatic carbocycles. The molecule has 0 fully saturated rings. The quantitative estimate of drug-likeness (QED) is 0.689. The molecular formula is C20H18N4O. The lowest BCUT2D eigenvalue weighted by Crippen LogP contribution is -2.07. The van der Waals surface area contributed by atoms with Crippen LogP contribution in [0.15, 0.2) is 73.1 Å². The van der Waals surface area contributed by atoms with Gasteiger partial charge in [0.25, 0.3) is 0 Å². The third-order valence-corrected chi connectivity index (χ3v) is 3.43. The number of hydrogen-bond acceptors (Lipinski definition) is 4. The van der Waals surface area contributed by atoms with Crippen LogP contribution >= 0.6 is 0 Å². The van der Waals surface area contributed by atoms with E-state index in [1.165, 1.54) is 12.4 Å². The molecule has 0 atom stereocenters. The van der Waals surface area contributed by atoms with E-state index in [9.17, 15) is 4.79 Å². The Morgan fingerprint density at radius 2 is 1.76 bits per heavy atom. The van der Waals surface area contributed by atoms with Crippen molar-refractivity contribution in [1.29, 1.82) is 0 Å². The molecule has 0 aliphatic rings. The van der Waals surface area contributed by atoms with E-state index in [0.29, 0.717) is 11.5 Å². The second-order valence-corrected chi connectivity index (χ2v) is 5.48. The Balaban J connectivity index is 1.65. The fourth-order valence-electron chi connectivity index (χ4n) is 2.27. The van der Waals surface area contributed by atoms with Gasteiger partial charge in [0, 0.05) is 29.2 Å². The van der Waals surface area contributed by atoms with Crippen LogP contribution < -0.4 is 10.6 Å². The number of carbonyl (C=O) groups is 1. The number of aryl methyl sites for hydroxylation is 1. The molecule has 0 radical (unpaired) electrons. The van der Waals surface area contributed by atoms with Crippen molar-refractivity contribution >= 4 is 29.2 Å². The largest absolute Gasteiger partial charge is 0.340 e. The minimum Gasteiger partial charge on any atom is -0.340 e.